The molecule has 15 heavy (non-hydrogen) atoms. The lowest BCUT2D eigenvalue weighted by Gasteiger charge is -1.94. The Morgan fingerprint density at radius 2 is 2.27 bits per heavy atom. The molecule has 0 aliphatic rings. The highest BCUT2D eigenvalue weighted by atomic mass is 35.5. The zero-order valence-corrected chi connectivity index (χ0v) is 9.60. The molecule has 0 fully saturated rings. The minimum Gasteiger partial charge on any atom is -0.297 e. The zero-order chi connectivity index (χ0) is 10.8. The second-order valence-corrected chi connectivity index (χ2v) is 4.66. The number of hydrogen-bond donors (Lipinski definition) is 0. The van der Waals surface area contributed by atoms with Gasteiger partial charge in [-0.1, -0.05) is 11.6 Å². The highest BCUT2D eigenvalue weighted by molar-refractivity contribution is 7.17. The zero-order valence-electron chi connectivity index (χ0n) is 8.03. The van der Waals surface area contributed by atoms with Crippen LogP contribution in [0.1, 0.15) is 15.2 Å². The van der Waals surface area contributed by atoms with Crippen LogP contribution in [0.3, 0.4) is 0 Å². The molecule has 0 amide bonds. The largest absolute Gasteiger partial charge is 0.297 e. The van der Waals surface area contributed by atoms with Crippen LogP contribution in [0.5, 0.6) is 0 Å². The van der Waals surface area contributed by atoms with Crippen molar-refractivity contribution in [1.82, 2.24) is 4.98 Å². The van der Waals surface area contributed by atoms with Crippen molar-refractivity contribution in [1.29, 1.82) is 0 Å². The van der Waals surface area contributed by atoms with Gasteiger partial charge in [-0.3, -0.25) is 9.78 Å². The van der Waals surface area contributed by atoms with E-state index in [9.17, 15) is 4.79 Å². The maximum Gasteiger partial charge on any atom is 0.160 e. The Morgan fingerprint density at radius 1 is 1.47 bits per heavy atom. The van der Waals surface area contributed by atoms with Crippen LogP contribution in [-0.4, -0.2) is 11.3 Å². The molecule has 2 aromatic heterocycles. The quantitative estimate of drug-likeness (QED) is 0.748. The minimum absolute atomic E-state index is 0.614. The van der Waals surface area contributed by atoms with Gasteiger partial charge in [-0.05, 0) is 30.7 Å². The van der Waals surface area contributed by atoms with Gasteiger partial charge in [-0.2, -0.15) is 0 Å². The van der Waals surface area contributed by atoms with Gasteiger partial charge in [0.05, 0.1) is 20.5 Å². The van der Waals surface area contributed by atoms with E-state index in [0.717, 1.165) is 27.3 Å². The maximum atomic E-state index is 10.7. The highest BCUT2D eigenvalue weighted by Gasteiger charge is 2.07. The van der Waals surface area contributed by atoms with E-state index < -0.39 is 0 Å². The fourth-order valence-electron chi connectivity index (χ4n) is 1.26. The summed E-state index contributed by atoms with van der Waals surface area (Å²) in [4.78, 5) is 16.6. The van der Waals surface area contributed by atoms with Crippen LogP contribution < -0.4 is 0 Å². The van der Waals surface area contributed by atoms with Gasteiger partial charge >= 0.3 is 0 Å². The SMILES string of the molecule is Cc1cc(-c2ccc(Cl)cn2)sc1C=O. The molecule has 0 bridgehead atoms. The molecule has 0 aliphatic carbocycles. The number of pyridine rings is 1. The van der Waals surface area contributed by atoms with E-state index >= 15 is 0 Å². The molecule has 0 aromatic carbocycles. The first-order chi connectivity index (χ1) is 7.20. The Labute approximate surface area is 96.5 Å². The third kappa shape index (κ3) is 2.08. The van der Waals surface area contributed by atoms with Crippen molar-refractivity contribution in [2.24, 2.45) is 0 Å². The number of carbonyl (C=O) groups excluding carboxylic acids is 1. The van der Waals surface area contributed by atoms with Gasteiger partial charge in [-0.25, -0.2) is 0 Å². The molecule has 0 atom stereocenters. The summed E-state index contributed by atoms with van der Waals surface area (Å²) in [5, 5.41) is 0.614. The van der Waals surface area contributed by atoms with Gasteiger partial charge in [0.15, 0.2) is 6.29 Å². The molecule has 0 saturated carbocycles. The molecule has 2 aromatic rings. The van der Waals surface area contributed by atoms with Crippen molar-refractivity contribution < 1.29 is 4.79 Å². The number of aryl methyl sites for hydroxylation is 1. The monoisotopic (exact) mass is 237 g/mol. The van der Waals surface area contributed by atoms with E-state index in [4.69, 9.17) is 11.6 Å². The fourth-order valence-corrected chi connectivity index (χ4v) is 2.34. The predicted octanol–water partition coefficient (Wildman–Crippen LogP) is 3.58. The van der Waals surface area contributed by atoms with E-state index in [-0.39, 0.29) is 0 Å². The predicted molar refractivity (Wildman–Crippen MR) is 62.7 cm³/mol. The van der Waals surface area contributed by atoms with Crippen molar-refractivity contribution >= 4 is 29.2 Å². The lowest BCUT2D eigenvalue weighted by atomic mass is 10.2. The summed E-state index contributed by atoms with van der Waals surface area (Å²) in [6.45, 7) is 1.92. The van der Waals surface area contributed by atoms with Crippen LogP contribution in [0.4, 0.5) is 0 Å². The van der Waals surface area contributed by atoms with Gasteiger partial charge in [0.25, 0.3) is 0 Å². The lowest BCUT2D eigenvalue weighted by Crippen LogP contribution is -1.77. The first-order valence-electron chi connectivity index (χ1n) is 4.38. The first kappa shape index (κ1) is 10.3. The van der Waals surface area contributed by atoms with E-state index in [2.05, 4.69) is 4.98 Å². The second kappa shape index (κ2) is 4.13. The Morgan fingerprint density at radius 3 is 2.80 bits per heavy atom. The van der Waals surface area contributed by atoms with Gasteiger partial charge in [0, 0.05) is 6.20 Å². The number of hydrogen-bond acceptors (Lipinski definition) is 3. The average molecular weight is 238 g/mol. The number of aldehydes is 1. The normalized spacial score (nSPS) is 10.3. The van der Waals surface area contributed by atoms with Crippen LogP contribution in [0.2, 0.25) is 5.02 Å². The summed E-state index contributed by atoms with van der Waals surface area (Å²) in [5.41, 5.74) is 1.84. The number of carbonyl (C=O) groups is 1. The van der Waals surface area contributed by atoms with Gasteiger partial charge in [0.1, 0.15) is 0 Å². The Bertz CT molecular complexity index is 490. The third-order valence-electron chi connectivity index (χ3n) is 2.04. The molecule has 0 unspecified atom stereocenters. The molecule has 0 N–H and O–H groups in total. The van der Waals surface area contributed by atoms with Gasteiger partial charge in [0.2, 0.25) is 0 Å². The van der Waals surface area contributed by atoms with Crippen LogP contribution in [-0.2, 0) is 0 Å². The minimum atomic E-state index is 0.614. The van der Waals surface area contributed by atoms with E-state index in [1.54, 1.807) is 12.3 Å². The Hall–Kier alpha value is -1.19. The summed E-state index contributed by atoms with van der Waals surface area (Å²) in [6, 6.07) is 5.60. The fraction of sp³-hybridized carbons (Fsp3) is 0.0909. The second-order valence-electron chi connectivity index (χ2n) is 3.14. The number of thiophene rings is 1. The summed E-state index contributed by atoms with van der Waals surface area (Å²) in [6.07, 6.45) is 2.48. The Balaban J connectivity index is 2.45. The molecule has 2 rings (SSSR count). The third-order valence-corrected chi connectivity index (χ3v) is 3.45. The van der Waals surface area contributed by atoms with Crippen LogP contribution in [0.15, 0.2) is 24.4 Å². The average Bonchev–Trinajstić information content (AvgIpc) is 2.61. The number of rotatable bonds is 2. The molecular weight excluding hydrogens is 230 g/mol. The molecule has 0 radical (unpaired) electrons. The van der Waals surface area contributed by atoms with Crippen molar-refractivity contribution in [2.45, 2.75) is 6.92 Å². The summed E-state index contributed by atoms with van der Waals surface area (Å²) >= 11 is 7.19. The van der Waals surface area contributed by atoms with Gasteiger partial charge in [-0.15, -0.1) is 11.3 Å². The topological polar surface area (TPSA) is 30.0 Å². The first-order valence-corrected chi connectivity index (χ1v) is 5.57. The molecule has 0 spiro atoms. The molecule has 2 nitrogen and oxygen atoms in total. The van der Waals surface area contributed by atoms with Crippen molar-refractivity contribution in [3.63, 3.8) is 0 Å². The molecule has 0 saturated heterocycles. The van der Waals surface area contributed by atoms with E-state index in [1.165, 1.54) is 11.3 Å². The van der Waals surface area contributed by atoms with Crippen molar-refractivity contribution in [2.75, 3.05) is 0 Å². The van der Waals surface area contributed by atoms with Crippen molar-refractivity contribution in [3.8, 4) is 10.6 Å². The smallest absolute Gasteiger partial charge is 0.160 e. The summed E-state index contributed by atoms with van der Waals surface area (Å²) in [7, 11) is 0. The molecule has 0 aliphatic heterocycles. The number of halogens is 1. The van der Waals surface area contributed by atoms with E-state index in [1.807, 2.05) is 19.1 Å². The van der Waals surface area contributed by atoms with E-state index in [0.29, 0.717) is 5.02 Å². The summed E-state index contributed by atoms with van der Waals surface area (Å²) < 4.78 is 0. The Kier molecular flexibility index (Phi) is 2.84. The van der Waals surface area contributed by atoms with Gasteiger partial charge < -0.3 is 0 Å². The van der Waals surface area contributed by atoms with Crippen LogP contribution in [0.25, 0.3) is 10.6 Å². The standard InChI is InChI=1S/C11H8ClNOS/c1-7-4-10(15-11(7)6-14)9-3-2-8(12)5-13-9/h2-6H,1H3. The van der Waals surface area contributed by atoms with Crippen LogP contribution in [0, 0.1) is 6.92 Å². The number of aromatic nitrogens is 1. The molecule has 4 heteroatoms. The highest BCUT2D eigenvalue weighted by Crippen LogP contribution is 2.29. The lowest BCUT2D eigenvalue weighted by molar-refractivity contribution is 0.112. The number of nitrogens with zero attached hydrogens (tertiary/aromatic N) is 1. The molecule has 76 valence electrons. The molecule has 2 heterocycles. The van der Waals surface area contributed by atoms with Crippen LogP contribution >= 0.6 is 22.9 Å². The summed E-state index contributed by atoms with van der Waals surface area (Å²) in [5.74, 6) is 0. The van der Waals surface area contributed by atoms with Crippen molar-refractivity contribution in [3.05, 3.63) is 39.9 Å². The maximum absolute atomic E-state index is 10.7. The molecular formula is C11H8ClNOS.